The summed E-state index contributed by atoms with van der Waals surface area (Å²) in [5, 5.41) is 6.49. The molecule has 4 nitrogen and oxygen atoms in total. The highest BCUT2D eigenvalue weighted by atomic mass is 35.5. The average Bonchev–Trinajstić information content (AvgIpc) is 2.84. The van der Waals surface area contributed by atoms with Gasteiger partial charge in [-0.25, -0.2) is 5.01 Å². The molecule has 3 rings (SSSR count). The number of methoxy groups -OCH3 is 1. The lowest BCUT2D eigenvalue weighted by Crippen LogP contribution is -2.45. The van der Waals surface area contributed by atoms with E-state index in [2.05, 4.69) is 10.7 Å². The zero-order valence-electron chi connectivity index (χ0n) is 12.3. The molecule has 0 amide bonds. The van der Waals surface area contributed by atoms with Crippen molar-refractivity contribution in [2.24, 2.45) is 0 Å². The molecule has 0 aliphatic carbocycles. The third-order valence-corrected chi connectivity index (χ3v) is 4.18. The van der Waals surface area contributed by atoms with Crippen molar-refractivity contribution in [1.29, 1.82) is 0 Å². The van der Waals surface area contributed by atoms with Crippen LogP contribution in [0, 0.1) is 0 Å². The van der Waals surface area contributed by atoms with Crippen molar-refractivity contribution in [2.45, 2.75) is 12.6 Å². The first-order valence-corrected chi connectivity index (χ1v) is 7.61. The Morgan fingerprint density at radius 2 is 1.73 bits per heavy atom. The Morgan fingerprint density at radius 1 is 1.09 bits per heavy atom. The summed E-state index contributed by atoms with van der Waals surface area (Å²) in [5.74, 6) is 0.808. The van der Waals surface area contributed by atoms with Crippen molar-refractivity contribution in [3.05, 3.63) is 59.1 Å². The number of rotatable bonds is 3. The normalized spacial score (nSPS) is 20.9. The fourth-order valence-corrected chi connectivity index (χ4v) is 2.89. The van der Waals surface area contributed by atoms with Crippen LogP contribution in [0.3, 0.4) is 0 Å². The van der Waals surface area contributed by atoms with Gasteiger partial charge in [0.05, 0.1) is 12.8 Å². The van der Waals surface area contributed by atoms with Crippen molar-refractivity contribution in [1.82, 2.24) is 10.7 Å². The molecule has 1 atom stereocenters. The van der Waals surface area contributed by atoms with Crippen LogP contribution in [0.5, 0.6) is 5.75 Å². The van der Waals surface area contributed by atoms with Gasteiger partial charge in [-0.05, 0) is 61.1 Å². The molecule has 1 fully saturated rings. The van der Waals surface area contributed by atoms with Crippen molar-refractivity contribution in [3.63, 3.8) is 0 Å². The lowest BCUT2D eigenvalue weighted by Gasteiger charge is -2.26. The highest BCUT2D eigenvalue weighted by molar-refractivity contribution is 7.80. The van der Waals surface area contributed by atoms with Gasteiger partial charge in [0.25, 0.3) is 0 Å². The number of benzene rings is 2. The van der Waals surface area contributed by atoms with Crippen LogP contribution in [0.1, 0.15) is 12.5 Å². The molecule has 1 unspecified atom stereocenters. The number of hydrogen-bond donors (Lipinski definition) is 2. The van der Waals surface area contributed by atoms with Crippen molar-refractivity contribution in [3.8, 4) is 5.75 Å². The van der Waals surface area contributed by atoms with Gasteiger partial charge in [0.2, 0.25) is 0 Å². The summed E-state index contributed by atoms with van der Waals surface area (Å²) in [7, 11) is 1.65. The molecule has 1 heterocycles. The Kier molecular flexibility index (Phi) is 3.95. The van der Waals surface area contributed by atoms with Gasteiger partial charge >= 0.3 is 0 Å². The fourth-order valence-electron chi connectivity index (χ4n) is 2.41. The first-order chi connectivity index (χ1) is 10.5. The van der Waals surface area contributed by atoms with Gasteiger partial charge in [-0.2, -0.15) is 5.43 Å². The third-order valence-electron chi connectivity index (χ3n) is 3.65. The number of anilines is 1. The van der Waals surface area contributed by atoms with Gasteiger partial charge in [0, 0.05) is 5.02 Å². The van der Waals surface area contributed by atoms with Crippen LogP contribution >= 0.6 is 23.8 Å². The van der Waals surface area contributed by atoms with E-state index >= 15 is 0 Å². The summed E-state index contributed by atoms with van der Waals surface area (Å²) < 4.78 is 5.18. The van der Waals surface area contributed by atoms with Gasteiger partial charge in [-0.1, -0.05) is 23.7 Å². The second kappa shape index (κ2) is 5.76. The molecule has 0 saturated carbocycles. The highest BCUT2D eigenvalue weighted by Crippen LogP contribution is 2.28. The van der Waals surface area contributed by atoms with Crippen molar-refractivity contribution < 1.29 is 4.74 Å². The minimum Gasteiger partial charge on any atom is -0.497 e. The summed E-state index contributed by atoms with van der Waals surface area (Å²) in [4.78, 5) is 0. The Hall–Kier alpha value is -1.82. The maximum absolute atomic E-state index is 5.96. The zero-order valence-corrected chi connectivity index (χ0v) is 13.8. The number of thiocarbonyl (C=S) groups is 1. The topological polar surface area (TPSA) is 36.5 Å². The van der Waals surface area contributed by atoms with E-state index in [9.17, 15) is 0 Å². The van der Waals surface area contributed by atoms with Gasteiger partial charge in [0.1, 0.15) is 11.4 Å². The molecular weight excluding hydrogens is 318 g/mol. The van der Waals surface area contributed by atoms with Crippen LogP contribution in [0.4, 0.5) is 5.69 Å². The lowest BCUT2D eigenvalue weighted by molar-refractivity contribution is 0.389. The predicted molar refractivity (Wildman–Crippen MR) is 93.1 cm³/mol. The number of hydrogen-bond acceptors (Lipinski definition) is 3. The van der Waals surface area contributed by atoms with Crippen LogP contribution < -0.4 is 20.5 Å². The zero-order chi connectivity index (χ0) is 15.7. The van der Waals surface area contributed by atoms with Crippen LogP contribution in [-0.4, -0.2) is 12.2 Å². The maximum atomic E-state index is 5.96. The Morgan fingerprint density at radius 3 is 2.32 bits per heavy atom. The monoisotopic (exact) mass is 333 g/mol. The van der Waals surface area contributed by atoms with E-state index in [0.717, 1.165) is 17.0 Å². The molecule has 1 saturated heterocycles. The number of hydrazine groups is 1. The van der Waals surface area contributed by atoms with Gasteiger partial charge in [-0.3, -0.25) is 0 Å². The van der Waals surface area contributed by atoms with Crippen LogP contribution in [0.2, 0.25) is 5.02 Å². The Labute approximate surface area is 140 Å². The van der Waals surface area contributed by atoms with Gasteiger partial charge in [-0.15, -0.1) is 0 Å². The highest BCUT2D eigenvalue weighted by Gasteiger charge is 2.38. The second-order valence-electron chi connectivity index (χ2n) is 5.21. The van der Waals surface area contributed by atoms with E-state index in [1.807, 2.05) is 60.5 Å². The molecule has 0 bridgehead atoms. The van der Waals surface area contributed by atoms with E-state index in [1.54, 1.807) is 7.11 Å². The molecule has 114 valence electrons. The largest absolute Gasteiger partial charge is 0.497 e. The molecule has 0 aromatic heterocycles. The summed E-state index contributed by atoms with van der Waals surface area (Å²) in [6.45, 7) is 2.03. The standard InChI is InChI=1S/C16H16ClN3OS/c1-16(11-3-5-12(17)6-4-11)18-15(22)20(19-16)13-7-9-14(21-2)10-8-13/h3-10,19H,1-2H3,(H,18,22). The Bertz CT molecular complexity index is 690. The molecule has 1 aliphatic heterocycles. The van der Waals surface area contributed by atoms with Crippen LogP contribution in [0.25, 0.3) is 0 Å². The van der Waals surface area contributed by atoms with Gasteiger partial charge < -0.3 is 10.1 Å². The molecular formula is C16H16ClN3OS. The van der Waals surface area contributed by atoms with Crippen LogP contribution in [0.15, 0.2) is 48.5 Å². The fraction of sp³-hybridized carbons (Fsp3) is 0.188. The van der Waals surface area contributed by atoms with Gasteiger partial charge in [0.15, 0.2) is 5.11 Å². The number of nitrogens with one attached hydrogen (secondary N) is 2. The maximum Gasteiger partial charge on any atom is 0.190 e. The Balaban J connectivity index is 1.86. The van der Waals surface area contributed by atoms with Crippen LogP contribution in [-0.2, 0) is 5.66 Å². The van der Waals surface area contributed by atoms with E-state index in [0.29, 0.717) is 10.1 Å². The van der Waals surface area contributed by atoms with E-state index in [4.69, 9.17) is 28.6 Å². The summed E-state index contributed by atoms with van der Waals surface area (Å²) in [6.07, 6.45) is 0. The smallest absolute Gasteiger partial charge is 0.190 e. The minimum atomic E-state index is -0.485. The minimum absolute atomic E-state index is 0.485. The number of nitrogens with zero attached hydrogens (tertiary/aromatic N) is 1. The third kappa shape index (κ3) is 2.75. The summed E-state index contributed by atoms with van der Waals surface area (Å²) in [6, 6.07) is 15.4. The first-order valence-electron chi connectivity index (χ1n) is 6.82. The van der Waals surface area contributed by atoms with Crippen molar-refractivity contribution in [2.75, 3.05) is 12.1 Å². The molecule has 6 heteroatoms. The van der Waals surface area contributed by atoms with Crippen molar-refractivity contribution >= 4 is 34.6 Å². The molecule has 0 radical (unpaired) electrons. The average molecular weight is 334 g/mol. The SMILES string of the molecule is COc1ccc(N2NC(C)(c3ccc(Cl)cc3)NC2=S)cc1. The quantitative estimate of drug-likeness (QED) is 0.842. The second-order valence-corrected chi connectivity index (χ2v) is 6.03. The first kappa shape index (κ1) is 15.1. The predicted octanol–water partition coefficient (Wildman–Crippen LogP) is 3.42. The molecule has 0 spiro atoms. The number of halogens is 1. The van der Waals surface area contributed by atoms with E-state index in [-0.39, 0.29) is 0 Å². The number of ether oxygens (including phenoxy) is 1. The molecule has 22 heavy (non-hydrogen) atoms. The molecule has 2 N–H and O–H groups in total. The summed E-state index contributed by atoms with van der Waals surface area (Å²) in [5.41, 5.74) is 4.91. The van der Waals surface area contributed by atoms with E-state index in [1.165, 1.54) is 0 Å². The molecule has 1 aliphatic rings. The summed E-state index contributed by atoms with van der Waals surface area (Å²) >= 11 is 11.4. The van der Waals surface area contributed by atoms with E-state index < -0.39 is 5.66 Å². The molecule has 2 aromatic rings. The molecule has 2 aromatic carbocycles. The lowest BCUT2D eigenvalue weighted by atomic mass is 10.0.